The van der Waals surface area contributed by atoms with Crippen molar-refractivity contribution in [3.63, 3.8) is 0 Å². The van der Waals surface area contributed by atoms with Gasteiger partial charge in [-0.25, -0.2) is 9.97 Å². The molecule has 5 nitrogen and oxygen atoms in total. The number of carbonyl (C=O) groups is 1. The van der Waals surface area contributed by atoms with Crippen molar-refractivity contribution in [1.82, 2.24) is 19.9 Å². The lowest BCUT2D eigenvalue weighted by molar-refractivity contribution is 0.0605. The Morgan fingerprint density at radius 2 is 2.29 bits per heavy atom. The molecule has 112 valence electrons. The van der Waals surface area contributed by atoms with E-state index in [2.05, 4.69) is 28.8 Å². The quantitative estimate of drug-likeness (QED) is 0.945. The van der Waals surface area contributed by atoms with Crippen LogP contribution in [0, 0.1) is 0 Å². The number of thiazole rings is 1. The van der Waals surface area contributed by atoms with Crippen molar-refractivity contribution < 1.29 is 4.79 Å². The number of carbonyl (C=O) groups excluding carboxylic acids is 1. The molecule has 21 heavy (non-hydrogen) atoms. The van der Waals surface area contributed by atoms with Crippen LogP contribution in [0.2, 0.25) is 0 Å². The van der Waals surface area contributed by atoms with E-state index in [0.29, 0.717) is 11.6 Å². The molecule has 0 aromatic carbocycles. The number of nitrogens with zero attached hydrogens (tertiary/aromatic N) is 3. The fraction of sp³-hybridized carbons (Fsp3) is 0.533. The Labute approximate surface area is 128 Å². The van der Waals surface area contributed by atoms with Crippen LogP contribution in [0.15, 0.2) is 17.8 Å². The van der Waals surface area contributed by atoms with Gasteiger partial charge in [0.2, 0.25) is 0 Å². The number of nitrogens with one attached hydrogen (secondary N) is 1. The van der Waals surface area contributed by atoms with Gasteiger partial charge in [0, 0.05) is 24.0 Å². The Hall–Kier alpha value is -1.69. The average molecular weight is 304 g/mol. The number of piperidine rings is 1. The molecule has 0 saturated carbocycles. The number of aromatic nitrogens is 3. The minimum absolute atomic E-state index is 0.0364. The van der Waals surface area contributed by atoms with Crippen molar-refractivity contribution in [3.05, 3.63) is 34.3 Å². The number of hydrogen-bond acceptors (Lipinski definition) is 4. The molecule has 3 heterocycles. The maximum Gasteiger partial charge on any atom is 0.272 e. The summed E-state index contributed by atoms with van der Waals surface area (Å²) in [5, 5.41) is 3.01. The van der Waals surface area contributed by atoms with E-state index in [-0.39, 0.29) is 11.9 Å². The minimum Gasteiger partial charge on any atom is -0.338 e. The maximum atomic E-state index is 12.8. The number of hydrogen-bond donors (Lipinski definition) is 1. The van der Waals surface area contributed by atoms with Gasteiger partial charge in [-0.05, 0) is 19.3 Å². The molecule has 3 rings (SSSR count). The van der Waals surface area contributed by atoms with Gasteiger partial charge in [-0.3, -0.25) is 4.79 Å². The van der Waals surface area contributed by atoms with Gasteiger partial charge in [0.25, 0.3) is 5.91 Å². The van der Waals surface area contributed by atoms with Crippen LogP contribution in [0.4, 0.5) is 0 Å². The molecule has 0 radical (unpaired) electrons. The van der Waals surface area contributed by atoms with E-state index >= 15 is 0 Å². The first kappa shape index (κ1) is 14.3. The van der Waals surface area contributed by atoms with Crippen LogP contribution in [-0.4, -0.2) is 32.3 Å². The third-order valence-corrected chi connectivity index (χ3v) is 4.75. The fourth-order valence-corrected chi connectivity index (χ4v) is 3.51. The molecule has 1 amide bonds. The second-order valence-electron chi connectivity index (χ2n) is 5.72. The third kappa shape index (κ3) is 2.85. The number of rotatable bonds is 3. The zero-order valence-electron chi connectivity index (χ0n) is 12.4. The van der Waals surface area contributed by atoms with Crippen LogP contribution in [0.5, 0.6) is 0 Å². The molecule has 1 atom stereocenters. The van der Waals surface area contributed by atoms with Gasteiger partial charge in [0.15, 0.2) is 0 Å². The lowest BCUT2D eigenvalue weighted by Gasteiger charge is -2.34. The van der Waals surface area contributed by atoms with E-state index in [1.165, 1.54) is 0 Å². The smallest absolute Gasteiger partial charge is 0.272 e. The zero-order chi connectivity index (χ0) is 14.8. The Kier molecular flexibility index (Phi) is 4.05. The first-order chi connectivity index (χ1) is 10.2. The summed E-state index contributed by atoms with van der Waals surface area (Å²) in [6, 6.07) is 0.108. The van der Waals surface area contributed by atoms with E-state index in [4.69, 9.17) is 0 Å². The van der Waals surface area contributed by atoms with Crippen molar-refractivity contribution in [3.8, 4) is 0 Å². The number of amides is 1. The van der Waals surface area contributed by atoms with Crippen molar-refractivity contribution >= 4 is 17.2 Å². The lowest BCUT2D eigenvalue weighted by Crippen LogP contribution is -2.38. The number of H-pyrrole nitrogens is 1. The van der Waals surface area contributed by atoms with Crippen LogP contribution in [0.1, 0.15) is 66.4 Å². The van der Waals surface area contributed by atoms with E-state index in [1.807, 2.05) is 16.5 Å². The largest absolute Gasteiger partial charge is 0.338 e. The Bertz CT molecular complexity index is 605. The van der Waals surface area contributed by atoms with Crippen LogP contribution in [0.3, 0.4) is 0 Å². The molecule has 2 aromatic rings. The summed E-state index contributed by atoms with van der Waals surface area (Å²) in [5.41, 5.74) is 0.585. The van der Waals surface area contributed by atoms with Gasteiger partial charge in [-0.2, -0.15) is 0 Å². The van der Waals surface area contributed by atoms with Gasteiger partial charge in [-0.15, -0.1) is 11.3 Å². The number of likely N-dealkylation sites (tertiary alicyclic amines) is 1. The molecule has 6 heteroatoms. The third-order valence-electron chi connectivity index (χ3n) is 3.87. The minimum atomic E-state index is 0.0364. The zero-order valence-corrected chi connectivity index (χ0v) is 13.2. The molecular weight excluding hydrogens is 284 g/mol. The van der Waals surface area contributed by atoms with Gasteiger partial charge < -0.3 is 9.88 Å². The highest BCUT2D eigenvalue weighted by Crippen LogP contribution is 2.33. The summed E-state index contributed by atoms with van der Waals surface area (Å²) < 4.78 is 0. The van der Waals surface area contributed by atoms with Crippen LogP contribution < -0.4 is 0 Å². The molecular formula is C15H20N4OS. The first-order valence-electron chi connectivity index (χ1n) is 7.42. The highest BCUT2D eigenvalue weighted by molar-refractivity contribution is 7.09. The predicted molar refractivity (Wildman–Crippen MR) is 82.4 cm³/mol. The van der Waals surface area contributed by atoms with Crippen LogP contribution >= 0.6 is 11.3 Å². The van der Waals surface area contributed by atoms with Gasteiger partial charge in [-0.1, -0.05) is 13.8 Å². The number of aromatic amines is 1. The van der Waals surface area contributed by atoms with Crippen molar-refractivity contribution in [1.29, 1.82) is 0 Å². The molecule has 1 aliphatic rings. The van der Waals surface area contributed by atoms with Crippen molar-refractivity contribution in [2.75, 3.05) is 6.54 Å². The Morgan fingerprint density at radius 3 is 2.95 bits per heavy atom. The topological polar surface area (TPSA) is 61.9 Å². The summed E-state index contributed by atoms with van der Waals surface area (Å²) in [6.45, 7) is 4.91. The molecule has 0 aliphatic carbocycles. The monoisotopic (exact) mass is 304 g/mol. The maximum absolute atomic E-state index is 12.8. The van der Waals surface area contributed by atoms with Gasteiger partial charge >= 0.3 is 0 Å². The fourth-order valence-electron chi connectivity index (χ4n) is 2.72. The summed E-state index contributed by atoms with van der Waals surface area (Å²) in [6.07, 6.45) is 6.66. The average Bonchev–Trinajstić information content (AvgIpc) is 3.18. The Balaban J connectivity index is 1.83. The van der Waals surface area contributed by atoms with Crippen LogP contribution in [0.25, 0.3) is 0 Å². The molecule has 1 aliphatic heterocycles. The highest BCUT2D eigenvalue weighted by atomic mass is 32.1. The first-order valence-corrected chi connectivity index (χ1v) is 8.30. The van der Waals surface area contributed by atoms with Crippen molar-refractivity contribution in [2.24, 2.45) is 0 Å². The second-order valence-corrected chi connectivity index (χ2v) is 6.64. The van der Waals surface area contributed by atoms with Gasteiger partial charge in [0.05, 0.1) is 12.2 Å². The number of imidazole rings is 1. The molecule has 1 saturated heterocycles. The SMILES string of the molecule is CC(C)c1ncc(C(=O)N2CCCCC2c2nccs2)[nH]1. The summed E-state index contributed by atoms with van der Waals surface area (Å²) in [7, 11) is 0. The molecule has 2 aromatic heterocycles. The van der Waals surface area contributed by atoms with E-state index in [1.54, 1.807) is 17.5 Å². The predicted octanol–water partition coefficient (Wildman–Crippen LogP) is 3.36. The van der Waals surface area contributed by atoms with E-state index < -0.39 is 0 Å². The van der Waals surface area contributed by atoms with Gasteiger partial charge in [0.1, 0.15) is 16.5 Å². The van der Waals surface area contributed by atoms with E-state index in [9.17, 15) is 4.79 Å². The second kappa shape index (κ2) is 5.97. The van der Waals surface area contributed by atoms with Crippen LogP contribution in [-0.2, 0) is 0 Å². The summed E-state index contributed by atoms with van der Waals surface area (Å²) in [4.78, 5) is 26.6. The Morgan fingerprint density at radius 1 is 1.43 bits per heavy atom. The normalized spacial score (nSPS) is 19.2. The highest BCUT2D eigenvalue weighted by Gasteiger charge is 2.31. The lowest BCUT2D eigenvalue weighted by atomic mass is 10.0. The molecule has 1 unspecified atom stereocenters. The molecule has 1 N–H and O–H groups in total. The van der Waals surface area contributed by atoms with E-state index in [0.717, 1.165) is 36.6 Å². The molecule has 0 bridgehead atoms. The summed E-state index contributed by atoms with van der Waals surface area (Å²) >= 11 is 1.63. The summed E-state index contributed by atoms with van der Waals surface area (Å²) in [5.74, 6) is 1.19. The molecule has 0 spiro atoms. The van der Waals surface area contributed by atoms with Crippen molar-refractivity contribution in [2.45, 2.75) is 45.1 Å². The molecule has 1 fully saturated rings. The standard InChI is InChI=1S/C15H20N4OS/c1-10(2)13-17-9-11(18-13)15(20)19-7-4-3-5-12(19)14-16-6-8-21-14/h6,8-10,12H,3-5,7H2,1-2H3,(H,17,18).